The number of nitrogens with two attached hydrogens (primary N) is 1. The van der Waals surface area contributed by atoms with E-state index in [9.17, 15) is 0 Å². The highest BCUT2D eigenvalue weighted by Crippen LogP contribution is 2.19. The molecule has 7 nitrogen and oxygen atoms in total. The number of hydrogen-bond donors (Lipinski definition) is 4. The number of aliphatic hydroxyl groups is 1. The fourth-order valence-electron chi connectivity index (χ4n) is 1.24. The number of nitrogen functional groups attached to an aromatic ring is 1. The van der Waals surface area contributed by atoms with Gasteiger partial charge in [0.1, 0.15) is 5.82 Å². The Labute approximate surface area is 85.7 Å². The van der Waals surface area contributed by atoms with E-state index < -0.39 is 0 Å². The van der Waals surface area contributed by atoms with Crippen LogP contribution in [-0.4, -0.2) is 37.9 Å². The molecule has 2 aromatic heterocycles. The van der Waals surface area contributed by atoms with Gasteiger partial charge in [-0.05, 0) is 6.92 Å². The van der Waals surface area contributed by atoms with Gasteiger partial charge in [0.25, 0.3) is 0 Å². The molecule has 0 aliphatic carbocycles. The van der Waals surface area contributed by atoms with Crippen molar-refractivity contribution in [2.24, 2.45) is 0 Å². The van der Waals surface area contributed by atoms with Crippen molar-refractivity contribution in [2.45, 2.75) is 13.0 Å². The van der Waals surface area contributed by atoms with Crippen LogP contribution >= 0.6 is 0 Å². The summed E-state index contributed by atoms with van der Waals surface area (Å²) >= 11 is 0. The van der Waals surface area contributed by atoms with E-state index in [-0.39, 0.29) is 18.6 Å². The van der Waals surface area contributed by atoms with Gasteiger partial charge in [-0.15, -0.1) is 0 Å². The maximum atomic E-state index is 8.93. The van der Waals surface area contributed by atoms with E-state index in [4.69, 9.17) is 10.8 Å². The maximum absolute atomic E-state index is 8.93. The van der Waals surface area contributed by atoms with Crippen molar-refractivity contribution >= 4 is 22.8 Å². The second kappa shape index (κ2) is 3.70. The van der Waals surface area contributed by atoms with Crippen LogP contribution in [0.4, 0.5) is 11.8 Å². The fourth-order valence-corrected chi connectivity index (χ4v) is 1.24. The normalized spacial score (nSPS) is 12.9. The Hall–Kier alpha value is -1.89. The lowest BCUT2D eigenvalue weighted by molar-refractivity contribution is 0.281. The van der Waals surface area contributed by atoms with Gasteiger partial charge in [0.2, 0.25) is 5.95 Å². The summed E-state index contributed by atoms with van der Waals surface area (Å²) in [6.07, 6.45) is 1.61. The number of rotatable bonds is 3. The molecule has 0 amide bonds. The summed E-state index contributed by atoms with van der Waals surface area (Å²) in [4.78, 5) is 8.02. The van der Waals surface area contributed by atoms with E-state index in [1.165, 1.54) is 0 Å². The van der Waals surface area contributed by atoms with Gasteiger partial charge < -0.3 is 16.2 Å². The molecule has 80 valence electrons. The number of hydrogen-bond acceptors (Lipinski definition) is 6. The smallest absolute Gasteiger partial charge is 0.224 e. The molecule has 0 aromatic carbocycles. The lowest BCUT2D eigenvalue weighted by atomic mass is 10.3. The topological polar surface area (TPSA) is 113 Å². The highest BCUT2D eigenvalue weighted by molar-refractivity contribution is 5.86. The van der Waals surface area contributed by atoms with Gasteiger partial charge in [0.15, 0.2) is 5.65 Å². The first-order chi connectivity index (χ1) is 7.20. The van der Waals surface area contributed by atoms with Crippen LogP contribution in [0.25, 0.3) is 11.0 Å². The zero-order valence-electron chi connectivity index (χ0n) is 8.23. The van der Waals surface area contributed by atoms with Crippen molar-refractivity contribution < 1.29 is 5.11 Å². The highest BCUT2D eigenvalue weighted by Gasteiger charge is 2.09. The van der Waals surface area contributed by atoms with Gasteiger partial charge in [-0.1, -0.05) is 0 Å². The van der Waals surface area contributed by atoms with Crippen molar-refractivity contribution in [1.82, 2.24) is 20.2 Å². The molecule has 0 saturated heterocycles. The Balaban J connectivity index is 2.44. The summed E-state index contributed by atoms with van der Waals surface area (Å²) in [6.45, 7) is 1.85. The third-order valence-corrected chi connectivity index (χ3v) is 1.98. The Kier molecular flexibility index (Phi) is 2.38. The van der Waals surface area contributed by atoms with Crippen LogP contribution in [0, 0.1) is 0 Å². The Bertz CT molecular complexity index is 467. The molecular formula is C8H12N6O. The van der Waals surface area contributed by atoms with Crippen LogP contribution in [0.15, 0.2) is 6.20 Å². The molecule has 0 fully saturated rings. The molecule has 0 aliphatic heterocycles. The zero-order valence-corrected chi connectivity index (χ0v) is 8.23. The number of aromatic amines is 1. The molecule has 5 N–H and O–H groups in total. The van der Waals surface area contributed by atoms with Gasteiger partial charge >= 0.3 is 0 Å². The first-order valence-electron chi connectivity index (χ1n) is 4.54. The number of H-pyrrole nitrogens is 1. The predicted octanol–water partition coefficient (Wildman–Crippen LogP) is -0.272. The first-order valence-corrected chi connectivity index (χ1v) is 4.54. The minimum atomic E-state index is -0.0996. The Morgan fingerprint density at radius 1 is 1.60 bits per heavy atom. The molecule has 2 aromatic rings. The largest absolute Gasteiger partial charge is 0.394 e. The first kappa shape index (κ1) is 9.66. The van der Waals surface area contributed by atoms with Gasteiger partial charge in [-0.2, -0.15) is 15.1 Å². The van der Waals surface area contributed by atoms with E-state index in [1.807, 2.05) is 6.92 Å². The van der Waals surface area contributed by atoms with Crippen molar-refractivity contribution in [3.63, 3.8) is 0 Å². The molecule has 0 spiro atoms. The molecular weight excluding hydrogens is 196 g/mol. The number of anilines is 2. The highest BCUT2D eigenvalue weighted by atomic mass is 16.3. The Morgan fingerprint density at radius 3 is 3.13 bits per heavy atom. The summed E-state index contributed by atoms with van der Waals surface area (Å²) in [6, 6.07) is -0.0996. The summed E-state index contributed by atoms with van der Waals surface area (Å²) in [7, 11) is 0. The molecule has 1 unspecified atom stereocenters. The number of fused-ring (bicyclic) bond motifs is 1. The average molecular weight is 208 g/mol. The van der Waals surface area contributed by atoms with Crippen LogP contribution < -0.4 is 11.1 Å². The van der Waals surface area contributed by atoms with Crippen LogP contribution in [0.5, 0.6) is 0 Å². The van der Waals surface area contributed by atoms with Gasteiger partial charge in [0.05, 0.1) is 18.2 Å². The summed E-state index contributed by atoms with van der Waals surface area (Å²) in [5.41, 5.74) is 6.11. The molecule has 0 saturated carbocycles. The average Bonchev–Trinajstić information content (AvgIpc) is 2.65. The molecule has 1 atom stereocenters. The quantitative estimate of drug-likeness (QED) is 0.552. The van der Waals surface area contributed by atoms with Crippen LogP contribution in [0.2, 0.25) is 0 Å². The maximum Gasteiger partial charge on any atom is 0.224 e. The molecule has 7 heteroatoms. The van der Waals surface area contributed by atoms with Gasteiger partial charge in [0, 0.05) is 6.04 Å². The number of aromatic nitrogens is 4. The third-order valence-electron chi connectivity index (χ3n) is 1.98. The van der Waals surface area contributed by atoms with Gasteiger partial charge in [-0.25, -0.2) is 0 Å². The van der Waals surface area contributed by atoms with E-state index in [1.54, 1.807) is 6.20 Å². The lowest BCUT2D eigenvalue weighted by Gasteiger charge is -2.11. The SMILES string of the molecule is CC(CO)Nc1nc(N)nc2[nH]ncc12. The van der Waals surface area contributed by atoms with Gasteiger partial charge in [-0.3, -0.25) is 5.10 Å². The molecule has 2 heterocycles. The standard InChI is InChI=1S/C8H12N6O/c1-4(3-15)11-6-5-2-10-14-7(5)13-8(9)12-6/h2,4,15H,3H2,1H3,(H4,9,10,11,12,13,14). The predicted molar refractivity (Wildman–Crippen MR) is 56.3 cm³/mol. The van der Waals surface area contributed by atoms with E-state index >= 15 is 0 Å². The van der Waals surface area contributed by atoms with Crippen LogP contribution in [0.1, 0.15) is 6.92 Å². The number of nitrogens with zero attached hydrogens (tertiary/aromatic N) is 3. The van der Waals surface area contributed by atoms with Crippen LogP contribution in [-0.2, 0) is 0 Å². The van der Waals surface area contributed by atoms with E-state index in [2.05, 4.69) is 25.5 Å². The minimum Gasteiger partial charge on any atom is -0.394 e. The van der Waals surface area contributed by atoms with Crippen molar-refractivity contribution in [3.05, 3.63) is 6.20 Å². The molecule has 0 bridgehead atoms. The van der Waals surface area contributed by atoms with Crippen molar-refractivity contribution in [1.29, 1.82) is 0 Å². The third kappa shape index (κ3) is 1.82. The monoisotopic (exact) mass is 208 g/mol. The molecule has 15 heavy (non-hydrogen) atoms. The second-order valence-corrected chi connectivity index (χ2v) is 3.29. The molecule has 2 rings (SSSR count). The van der Waals surface area contributed by atoms with Crippen LogP contribution in [0.3, 0.4) is 0 Å². The Morgan fingerprint density at radius 2 is 2.40 bits per heavy atom. The summed E-state index contributed by atoms with van der Waals surface area (Å²) < 4.78 is 0. The summed E-state index contributed by atoms with van der Waals surface area (Å²) in [5, 5.41) is 19.3. The van der Waals surface area contributed by atoms with Crippen molar-refractivity contribution in [3.8, 4) is 0 Å². The fraction of sp³-hybridized carbons (Fsp3) is 0.375. The zero-order chi connectivity index (χ0) is 10.8. The summed E-state index contributed by atoms with van der Waals surface area (Å²) in [5.74, 6) is 0.743. The van der Waals surface area contributed by atoms with Crippen molar-refractivity contribution in [2.75, 3.05) is 17.7 Å². The van der Waals surface area contributed by atoms with E-state index in [0.29, 0.717) is 11.5 Å². The second-order valence-electron chi connectivity index (χ2n) is 3.29. The molecule has 0 radical (unpaired) electrons. The molecule has 0 aliphatic rings. The number of nitrogens with one attached hydrogen (secondary N) is 2. The van der Waals surface area contributed by atoms with E-state index in [0.717, 1.165) is 5.39 Å². The lowest BCUT2D eigenvalue weighted by Crippen LogP contribution is -2.20. The minimum absolute atomic E-state index is 0.0171. The number of aliphatic hydroxyl groups excluding tert-OH is 1.